The molecule has 0 saturated heterocycles. The Morgan fingerprint density at radius 2 is 1.86 bits per heavy atom. The van der Waals surface area contributed by atoms with Gasteiger partial charge in [0.15, 0.2) is 0 Å². The molecule has 0 aliphatic heterocycles. The molecule has 3 N–H and O–H groups in total. The van der Waals surface area contributed by atoms with E-state index >= 15 is 0 Å². The van der Waals surface area contributed by atoms with Crippen molar-refractivity contribution in [2.24, 2.45) is 0 Å². The number of hydrogen-bond donors (Lipinski definition) is 2. The van der Waals surface area contributed by atoms with Crippen LogP contribution in [-0.2, 0) is 0 Å². The van der Waals surface area contributed by atoms with E-state index in [1.807, 2.05) is 18.2 Å². The molecule has 21 heavy (non-hydrogen) atoms. The Bertz CT molecular complexity index is 559. The second-order valence-corrected chi connectivity index (χ2v) is 5.30. The number of aromatic nitrogens is 2. The van der Waals surface area contributed by atoms with E-state index in [0.29, 0.717) is 0 Å². The molecule has 0 saturated carbocycles. The van der Waals surface area contributed by atoms with Crippen LogP contribution in [0.3, 0.4) is 0 Å². The van der Waals surface area contributed by atoms with Crippen LogP contribution in [0.25, 0.3) is 11.0 Å². The summed E-state index contributed by atoms with van der Waals surface area (Å²) in [7, 11) is 0. The fraction of sp³-hybridized carbons (Fsp3) is 0.562. The lowest BCUT2D eigenvalue weighted by atomic mass is 10.3. The van der Waals surface area contributed by atoms with Crippen LogP contribution in [0.1, 0.15) is 27.2 Å². The minimum Gasteiger partial charge on any atom is -0.399 e. The van der Waals surface area contributed by atoms with E-state index in [2.05, 4.69) is 40.5 Å². The molecule has 116 valence electrons. The largest absolute Gasteiger partial charge is 0.399 e. The summed E-state index contributed by atoms with van der Waals surface area (Å²) in [6.45, 7) is 11.9. The number of aromatic amines is 1. The van der Waals surface area contributed by atoms with Gasteiger partial charge in [0.05, 0.1) is 11.0 Å². The highest BCUT2D eigenvalue weighted by molar-refractivity contribution is 5.80. The van der Waals surface area contributed by atoms with Gasteiger partial charge in [-0.3, -0.25) is 0 Å². The fourth-order valence-electron chi connectivity index (χ4n) is 2.60. The molecule has 5 heteroatoms. The van der Waals surface area contributed by atoms with Crippen molar-refractivity contribution in [1.29, 1.82) is 0 Å². The van der Waals surface area contributed by atoms with Crippen LogP contribution in [-0.4, -0.2) is 47.6 Å². The highest BCUT2D eigenvalue weighted by Crippen LogP contribution is 2.19. The van der Waals surface area contributed by atoms with Crippen molar-refractivity contribution in [2.75, 3.05) is 43.4 Å². The maximum absolute atomic E-state index is 5.82. The van der Waals surface area contributed by atoms with Crippen molar-refractivity contribution in [2.45, 2.75) is 27.2 Å². The Morgan fingerprint density at radius 3 is 2.52 bits per heavy atom. The van der Waals surface area contributed by atoms with Crippen molar-refractivity contribution in [3.8, 4) is 0 Å². The predicted octanol–water partition coefficient (Wildman–Crippen LogP) is 2.70. The van der Waals surface area contributed by atoms with Gasteiger partial charge >= 0.3 is 0 Å². The first-order chi connectivity index (χ1) is 10.2. The topological polar surface area (TPSA) is 61.2 Å². The van der Waals surface area contributed by atoms with Gasteiger partial charge < -0.3 is 20.5 Å². The molecule has 5 nitrogen and oxygen atoms in total. The molecule has 0 radical (unpaired) electrons. The highest BCUT2D eigenvalue weighted by Gasteiger charge is 2.10. The van der Waals surface area contributed by atoms with Crippen LogP contribution in [0, 0.1) is 0 Å². The number of H-pyrrole nitrogens is 1. The number of rotatable bonds is 8. The lowest BCUT2D eigenvalue weighted by molar-refractivity contribution is 0.300. The van der Waals surface area contributed by atoms with E-state index in [-0.39, 0.29) is 0 Å². The van der Waals surface area contributed by atoms with E-state index in [9.17, 15) is 0 Å². The third-order valence-electron chi connectivity index (χ3n) is 3.97. The lowest BCUT2D eigenvalue weighted by Crippen LogP contribution is -2.30. The number of imidazole rings is 1. The summed E-state index contributed by atoms with van der Waals surface area (Å²) < 4.78 is 0. The van der Waals surface area contributed by atoms with Crippen LogP contribution in [0.5, 0.6) is 0 Å². The molecule has 1 heterocycles. The Hall–Kier alpha value is -1.75. The third kappa shape index (κ3) is 3.88. The summed E-state index contributed by atoms with van der Waals surface area (Å²) in [6, 6.07) is 5.80. The van der Waals surface area contributed by atoms with Gasteiger partial charge in [0.1, 0.15) is 0 Å². The van der Waals surface area contributed by atoms with Gasteiger partial charge in [-0.15, -0.1) is 0 Å². The van der Waals surface area contributed by atoms with Gasteiger partial charge in [0, 0.05) is 18.8 Å². The first kappa shape index (κ1) is 15.6. The number of nitrogen functional groups attached to an aromatic ring is 1. The fourth-order valence-corrected chi connectivity index (χ4v) is 2.60. The molecule has 2 aromatic rings. The number of fused-ring (bicyclic) bond motifs is 1. The second kappa shape index (κ2) is 7.31. The number of nitrogens with zero attached hydrogens (tertiary/aromatic N) is 3. The van der Waals surface area contributed by atoms with Crippen LogP contribution in [0.2, 0.25) is 0 Å². The molecule has 0 amide bonds. The van der Waals surface area contributed by atoms with Gasteiger partial charge in [0.2, 0.25) is 5.95 Å². The number of hydrogen-bond acceptors (Lipinski definition) is 4. The Labute approximate surface area is 127 Å². The van der Waals surface area contributed by atoms with Crippen LogP contribution >= 0.6 is 0 Å². The number of anilines is 2. The number of nitrogens with one attached hydrogen (secondary N) is 1. The molecule has 0 aliphatic rings. The SMILES string of the molecule is CCN(CC)CCCN(CC)c1nc2ccc(N)cc2[nH]1. The maximum Gasteiger partial charge on any atom is 0.203 e. The van der Waals surface area contributed by atoms with Crippen LogP contribution in [0.15, 0.2) is 18.2 Å². The third-order valence-corrected chi connectivity index (χ3v) is 3.97. The quantitative estimate of drug-likeness (QED) is 0.734. The molecule has 0 spiro atoms. The Kier molecular flexibility index (Phi) is 5.44. The van der Waals surface area contributed by atoms with Crippen LogP contribution in [0.4, 0.5) is 11.6 Å². The Morgan fingerprint density at radius 1 is 1.10 bits per heavy atom. The molecule has 0 aliphatic carbocycles. The van der Waals surface area contributed by atoms with Crippen molar-refractivity contribution in [3.05, 3.63) is 18.2 Å². The monoisotopic (exact) mass is 289 g/mol. The Balaban J connectivity index is 2.02. The summed E-state index contributed by atoms with van der Waals surface area (Å²) in [5, 5.41) is 0. The molecular formula is C16H27N5. The van der Waals surface area contributed by atoms with E-state index in [1.54, 1.807) is 0 Å². The molecule has 1 aromatic heterocycles. The second-order valence-electron chi connectivity index (χ2n) is 5.30. The zero-order chi connectivity index (χ0) is 15.2. The van der Waals surface area contributed by atoms with E-state index in [4.69, 9.17) is 5.73 Å². The minimum atomic E-state index is 0.766. The van der Waals surface area contributed by atoms with E-state index in [0.717, 1.165) is 61.8 Å². The zero-order valence-electron chi connectivity index (χ0n) is 13.4. The van der Waals surface area contributed by atoms with Crippen molar-refractivity contribution in [3.63, 3.8) is 0 Å². The van der Waals surface area contributed by atoms with E-state index < -0.39 is 0 Å². The lowest BCUT2D eigenvalue weighted by Gasteiger charge is -2.23. The molecule has 0 atom stereocenters. The van der Waals surface area contributed by atoms with Crippen molar-refractivity contribution in [1.82, 2.24) is 14.9 Å². The van der Waals surface area contributed by atoms with Gasteiger partial charge in [-0.2, -0.15) is 0 Å². The summed E-state index contributed by atoms with van der Waals surface area (Å²) in [5.41, 5.74) is 8.57. The smallest absolute Gasteiger partial charge is 0.203 e. The van der Waals surface area contributed by atoms with E-state index in [1.165, 1.54) is 0 Å². The van der Waals surface area contributed by atoms with Crippen molar-refractivity contribution < 1.29 is 0 Å². The standard InChI is InChI=1S/C16H27N5/c1-4-20(5-2)10-7-11-21(6-3)16-18-14-9-8-13(17)12-15(14)19-16/h8-9,12H,4-7,10-11,17H2,1-3H3,(H,18,19). The molecule has 2 rings (SSSR count). The average Bonchev–Trinajstić information content (AvgIpc) is 2.90. The van der Waals surface area contributed by atoms with Gasteiger partial charge in [-0.25, -0.2) is 4.98 Å². The average molecular weight is 289 g/mol. The molecule has 0 unspecified atom stereocenters. The van der Waals surface area contributed by atoms with Crippen molar-refractivity contribution >= 4 is 22.7 Å². The highest BCUT2D eigenvalue weighted by atomic mass is 15.3. The molecular weight excluding hydrogens is 262 g/mol. The predicted molar refractivity (Wildman–Crippen MR) is 90.8 cm³/mol. The summed E-state index contributed by atoms with van der Waals surface area (Å²) in [6.07, 6.45) is 1.15. The summed E-state index contributed by atoms with van der Waals surface area (Å²) >= 11 is 0. The minimum absolute atomic E-state index is 0.766. The molecule has 1 aromatic carbocycles. The van der Waals surface area contributed by atoms with Gasteiger partial charge in [0.25, 0.3) is 0 Å². The first-order valence-corrected chi connectivity index (χ1v) is 7.90. The first-order valence-electron chi connectivity index (χ1n) is 7.90. The summed E-state index contributed by atoms with van der Waals surface area (Å²) in [5.74, 6) is 0.942. The van der Waals surface area contributed by atoms with Gasteiger partial charge in [-0.05, 0) is 51.2 Å². The normalized spacial score (nSPS) is 11.4. The molecule has 0 fully saturated rings. The summed E-state index contributed by atoms with van der Waals surface area (Å²) in [4.78, 5) is 12.8. The van der Waals surface area contributed by atoms with Crippen LogP contribution < -0.4 is 10.6 Å². The zero-order valence-corrected chi connectivity index (χ0v) is 13.4. The number of benzene rings is 1. The maximum atomic E-state index is 5.82. The molecule has 0 bridgehead atoms. The van der Waals surface area contributed by atoms with Gasteiger partial charge in [-0.1, -0.05) is 13.8 Å². The number of nitrogens with two attached hydrogens (primary N) is 1.